The number of hydrogen-bond acceptors (Lipinski definition) is 1. The molecule has 0 radical (unpaired) electrons. The molecule has 0 spiro atoms. The Bertz CT molecular complexity index is 542. The van der Waals surface area contributed by atoms with Gasteiger partial charge in [-0.25, -0.2) is 0 Å². The first-order valence-electron chi connectivity index (χ1n) is 5.27. The van der Waals surface area contributed by atoms with E-state index in [1.807, 2.05) is 24.3 Å². The highest BCUT2D eigenvalue weighted by atomic mass is 35.5. The molecule has 2 aromatic carbocycles. The fourth-order valence-corrected chi connectivity index (χ4v) is 2.36. The topological polar surface area (TPSA) is 12.4 Å². The maximum atomic E-state index is 6.05. The van der Waals surface area contributed by atoms with E-state index in [0.29, 0.717) is 27.2 Å². The van der Waals surface area contributed by atoms with Crippen LogP contribution in [0.25, 0.3) is 0 Å². The predicted molar refractivity (Wildman–Crippen MR) is 78.0 cm³/mol. The zero-order valence-electron chi connectivity index (χ0n) is 9.33. The van der Waals surface area contributed by atoms with Crippen molar-refractivity contribution in [3.63, 3.8) is 0 Å². The summed E-state index contributed by atoms with van der Waals surface area (Å²) in [6.45, 7) is 0.538. The van der Waals surface area contributed by atoms with Gasteiger partial charge in [0, 0.05) is 23.3 Å². The Labute approximate surface area is 121 Å². The molecule has 0 heterocycles. The minimum absolute atomic E-state index is 0.494. The molecule has 0 unspecified atom stereocenters. The fraction of sp³-hybridized carbons (Fsp3) is 0.0714. The van der Waals surface area contributed by atoms with Crippen LogP contribution in [-0.2, 0) is 6.54 Å². The van der Waals surface area contributed by atoms with Crippen molar-refractivity contribution < 1.29 is 0 Å². The molecule has 0 fully saturated rings. The molecule has 0 aromatic heterocycles. The molecule has 0 atom stereocenters. The van der Waals surface area contributed by atoms with Crippen molar-refractivity contribution in [2.45, 2.75) is 6.54 Å². The number of aliphatic imine (C=N–C) groups is 1. The Hall–Kier alpha value is -1.02. The summed E-state index contributed by atoms with van der Waals surface area (Å²) < 4.78 is 0. The largest absolute Gasteiger partial charge is 0.290 e. The Balaban J connectivity index is 2.15. The number of benzene rings is 2. The van der Waals surface area contributed by atoms with Crippen molar-refractivity contribution >= 4 is 41.0 Å². The summed E-state index contributed by atoms with van der Waals surface area (Å²) in [4.78, 5) is 4.29. The molecule has 2 rings (SSSR count). The smallest absolute Gasteiger partial charge is 0.0523 e. The van der Waals surface area contributed by atoms with Gasteiger partial charge in [0.2, 0.25) is 0 Å². The molecular formula is C14H9Cl3N-. The first-order chi connectivity index (χ1) is 8.66. The van der Waals surface area contributed by atoms with Gasteiger partial charge >= 0.3 is 0 Å². The van der Waals surface area contributed by atoms with Crippen LogP contribution in [0.5, 0.6) is 0 Å². The average molecular weight is 298 g/mol. The first kappa shape index (κ1) is 13.4. The molecule has 0 aliphatic rings. The number of nitrogens with zero attached hydrogens (tertiary/aromatic N) is 1. The summed E-state index contributed by atoms with van der Waals surface area (Å²) in [5.74, 6) is 0. The fourth-order valence-electron chi connectivity index (χ4n) is 1.44. The van der Waals surface area contributed by atoms with Crippen LogP contribution in [0.2, 0.25) is 15.1 Å². The number of rotatable bonds is 3. The Morgan fingerprint density at radius 2 is 1.83 bits per heavy atom. The third-order valence-electron chi connectivity index (χ3n) is 2.30. The molecule has 2 aromatic rings. The zero-order valence-corrected chi connectivity index (χ0v) is 11.6. The molecule has 0 N–H and O–H groups in total. The lowest BCUT2D eigenvalue weighted by Crippen LogP contribution is -1.88. The van der Waals surface area contributed by atoms with Crippen molar-refractivity contribution in [3.8, 4) is 0 Å². The molecule has 18 heavy (non-hydrogen) atoms. The van der Waals surface area contributed by atoms with E-state index < -0.39 is 0 Å². The van der Waals surface area contributed by atoms with Crippen LogP contribution in [0.4, 0.5) is 0 Å². The number of hydrogen-bond donors (Lipinski definition) is 0. The molecule has 92 valence electrons. The maximum Gasteiger partial charge on any atom is 0.0523 e. The summed E-state index contributed by atoms with van der Waals surface area (Å²) in [7, 11) is 0. The van der Waals surface area contributed by atoms with E-state index in [2.05, 4.69) is 11.1 Å². The van der Waals surface area contributed by atoms with Gasteiger partial charge in [0.1, 0.15) is 0 Å². The summed E-state index contributed by atoms with van der Waals surface area (Å²) in [5, 5.41) is 1.50. The highest BCUT2D eigenvalue weighted by Crippen LogP contribution is 2.27. The van der Waals surface area contributed by atoms with Gasteiger partial charge in [-0.05, 0) is 12.1 Å². The summed E-state index contributed by atoms with van der Waals surface area (Å²) in [6.07, 6.45) is 1.65. The Kier molecular flexibility index (Phi) is 4.65. The van der Waals surface area contributed by atoms with E-state index in [1.54, 1.807) is 18.3 Å². The highest BCUT2D eigenvalue weighted by Gasteiger charge is 2.04. The van der Waals surface area contributed by atoms with E-state index >= 15 is 0 Å². The van der Waals surface area contributed by atoms with E-state index in [-0.39, 0.29) is 0 Å². The second kappa shape index (κ2) is 6.24. The SMILES string of the molecule is Clc1cc(Cl)c(C=NCc2[c-]cccc2)c(Cl)c1. The lowest BCUT2D eigenvalue weighted by molar-refractivity contribution is 1.07. The Morgan fingerprint density at radius 3 is 2.44 bits per heavy atom. The van der Waals surface area contributed by atoms with Gasteiger partial charge in [-0.3, -0.25) is 4.99 Å². The van der Waals surface area contributed by atoms with E-state index in [0.717, 1.165) is 5.56 Å². The molecule has 0 aliphatic carbocycles. The lowest BCUT2D eigenvalue weighted by atomic mass is 10.2. The van der Waals surface area contributed by atoms with Crippen LogP contribution < -0.4 is 0 Å². The zero-order chi connectivity index (χ0) is 13.0. The molecule has 0 amide bonds. The molecule has 0 bridgehead atoms. The molecular weight excluding hydrogens is 289 g/mol. The summed E-state index contributed by atoms with van der Waals surface area (Å²) in [6, 6.07) is 14.1. The average Bonchev–Trinajstić information content (AvgIpc) is 2.34. The second-order valence-corrected chi connectivity index (χ2v) is 4.89. The van der Waals surface area contributed by atoms with Crippen molar-refractivity contribution in [1.82, 2.24) is 0 Å². The van der Waals surface area contributed by atoms with Gasteiger partial charge in [0.15, 0.2) is 0 Å². The minimum atomic E-state index is 0.494. The quantitative estimate of drug-likeness (QED) is 0.554. The molecule has 1 nitrogen and oxygen atoms in total. The molecule has 0 saturated heterocycles. The van der Waals surface area contributed by atoms with E-state index in [9.17, 15) is 0 Å². The van der Waals surface area contributed by atoms with Gasteiger partial charge in [-0.15, -0.1) is 5.56 Å². The first-order valence-corrected chi connectivity index (χ1v) is 6.40. The van der Waals surface area contributed by atoms with Crippen molar-refractivity contribution in [1.29, 1.82) is 0 Å². The van der Waals surface area contributed by atoms with Crippen LogP contribution >= 0.6 is 34.8 Å². The van der Waals surface area contributed by atoms with Crippen LogP contribution in [0.15, 0.2) is 41.4 Å². The maximum absolute atomic E-state index is 6.05. The minimum Gasteiger partial charge on any atom is -0.290 e. The number of halogens is 3. The summed E-state index contributed by atoms with van der Waals surface area (Å²) in [5.41, 5.74) is 1.69. The second-order valence-electron chi connectivity index (χ2n) is 3.64. The van der Waals surface area contributed by atoms with Crippen LogP contribution in [0.3, 0.4) is 0 Å². The molecule has 0 saturated carbocycles. The predicted octanol–water partition coefficient (Wildman–Crippen LogP) is 5.07. The molecule has 4 heteroatoms. The molecule has 0 aliphatic heterocycles. The van der Waals surface area contributed by atoms with Crippen molar-refractivity contribution in [2.75, 3.05) is 0 Å². The van der Waals surface area contributed by atoms with Gasteiger partial charge in [-0.1, -0.05) is 34.8 Å². The van der Waals surface area contributed by atoms with Crippen molar-refractivity contribution in [3.05, 3.63) is 68.7 Å². The van der Waals surface area contributed by atoms with E-state index in [4.69, 9.17) is 34.8 Å². The van der Waals surface area contributed by atoms with Gasteiger partial charge in [0.25, 0.3) is 0 Å². The third kappa shape index (κ3) is 3.49. The van der Waals surface area contributed by atoms with Crippen molar-refractivity contribution in [2.24, 2.45) is 4.99 Å². The Morgan fingerprint density at radius 1 is 1.11 bits per heavy atom. The van der Waals surface area contributed by atoms with Gasteiger partial charge in [0.05, 0.1) is 10.0 Å². The van der Waals surface area contributed by atoms with Crippen LogP contribution in [-0.4, -0.2) is 6.21 Å². The van der Waals surface area contributed by atoms with Crippen LogP contribution in [0.1, 0.15) is 11.1 Å². The normalized spacial score (nSPS) is 11.1. The monoisotopic (exact) mass is 296 g/mol. The third-order valence-corrected chi connectivity index (χ3v) is 3.14. The van der Waals surface area contributed by atoms with Gasteiger partial charge < -0.3 is 0 Å². The summed E-state index contributed by atoms with van der Waals surface area (Å²) >= 11 is 17.9. The highest BCUT2D eigenvalue weighted by molar-refractivity contribution is 6.41. The standard InChI is InChI=1S/C14H9Cl3N/c15-11-6-13(16)12(14(17)7-11)9-18-8-10-4-2-1-3-5-10/h1-4,6-7,9H,8H2/q-1. The van der Waals surface area contributed by atoms with E-state index in [1.165, 1.54) is 0 Å². The van der Waals surface area contributed by atoms with Gasteiger partial charge in [-0.2, -0.15) is 30.3 Å². The van der Waals surface area contributed by atoms with Crippen LogP contribution in [0, 0.1) is 6.07 Å². The lowest BCUT2D eigenvalue weighted by Gasteiger charge is -2.04.